The van der Waals surface area contributed by atoms with Crippen molar-refractivity contribution in [1.82, 2.24) is 9.80 Å². The molecule has 6 heteroatoms. The van der Waals surface area contributed by atoms with Gasteiger partial charge in [-0.25, -0.2) is 4.79 Å². The van der Waals surface area contributed by atoms with E-state index in [0.29, 0.717) is 32.6 Å². The zero-order chi connectivity index (χ0) is 14.5. The third-order valence-corrected chi connectivity index (χ3v) is 3.62. The Hall–Kier alpha value is -1.98. The molecule has 0 unspecified atom stereocenters. The number of furan rings is 1. The number of carbonyl (C=O) groups is 2. The largest absolute Gasteiger partial charge is 0.481 e. The molecule has 2 rings (SSSR count). The summed E-state index contributed by atoms with van der Waals surface area (Å²) in [6.45, 7) is 3.80. The van der Waals surface area contributed by atoms with Crippen molar-refractivity contribution < 1.29 is 19.1 Å². The maximum Gasteiger partial charge on any atom is 0.320 e. The van der Waals surface area contributed by atoms with Crippen molar-refractivity contribution in [2.75, 3.05) is 19.6 Å². The highest BCUT2D eigenvalue weighted by atomic mass is 16.4. The third kappa shape index (κ3) is 3.31. The predicted molar refractivity (Wildman–Crippen MR) is 72.1 cm³/mol. The fraction of sp³-hybridized carbons (Fsp3) is 0.571. The number of amides is 2. The molecule has 0 bridgehead atoms. The molecular weight excluding hydrogens is 260 g/mol. The zero-order valence-corrected chi connectivity index (χ0v) is 11.6. The first-order chi connectivity index (χ1) is 9.61. The fourth-order valence-corrected chi connectivity index (χ4v) is 2.46. The summed E-state index contributed by atoms with van der Waals surface area (Å²) in [7, 11) is 0. The number of piperidine rings is 1. The van der Waals surface area contributed by atoms with Crippen LogP contribution in [-0.4, -0.2) is 46.5 Å². The van der Waals surface area contributed by atoms with Gasteiger partial charge in [0.25, 0.3) is 0 Å². The molecule has 0 radical (unpaired) electrons. The van der Waals surface area contributed by atoms with Crippen LogP contribution in [0.1, 0.15) is 25.5 Å². The van der Waals surface area contributed by atoms with Gasteiger partial charge in [-0.3, -0.25) is 4.79 Å². The Morgan fingerprint density at radius 1 is 1.55 bits per heavy atom. The summed E-state index contributed by atoms with van der Waals surface area (Å²) in [5.41, 5.74) is 0. The summed E-state index contributed by atoms with van der Waals surface area (Å²) in [4.78, 5) is 26.8. The standard InChI is InChI=1S/C14H20N2O4/c1-2-15(10-12-6-4-8-20-12)14(19)16-7-3-5-11(9-16)13(17)18/h4,6,8,11H,2-3,5,7,9-10H2,1H3,(H,17,18)/t11-/m1/s1. The smallest absolute Gasteiger partial charge is 0.320 e. The molecule has 1 aromatic rings. The lowest BCUT2D eigenvalue weighted by atomic mass is 9.99. The second kappa shape index (κ2) is 6.45. The van der Waals surface area contributed by atoms with Crippen molar-refractivity contribution in [1.29, 1.82) is 0 Å². The van der Waals surface area contributed by atoms with E-state index in [0.717, 1.165) is 12.2 Å². The van der Waals surface area contributed by atoms with Gasteiger partial charge in [-0.1, -0.05) is 0 Å². The van der Waals surface area contributed by atoms with Gasteiger partial charge in [0, 0.05) is 19.6 Å². The SMILES string of the molecule is CCN(Cc1ccco1)C(=O)N1CCC[C@@H](C(=O)O)C1. The minimum absolute atomic E-state index is 0.116. The number of likely N-dealkylation sites (tertiary alicyclic amines) is 1. The summed E-state index contributed by atoms with van der Waals surface area (Å²) in [6, 6.07) is 3.50. The molecule has 0 aromatic carbocycles. The number of urea groups is 1. The highest BCUT2D eigenvalue weighted by Gasteiger charge is 2.30. The summed E-state index contributed by atoms with van der Waals surface area (Å²) >= 11 is 0. The van der Waals surface area contributed by atoms with Gasteiger partial charge in [0.1, 0.15) is 5.76 Å². The van der Waals surface area contributed by atoms with Gasteiger partial charge in [0.15, 0.2) is 0 Å². The molecule has 6 nitrogen and oxygen atoms in total. The van der Waals surface area contributed by atoms with Crippen LogP contribution in [0.4, 0.5) is 4.79 Å². The number of hydrogen-bond acceptors (Lipinski definition) is 3. The molecule has 2 heterocycles. The summed E-state index contributed by atoms with van der Waals surface area (Å²) in [5, 5.41) is 9.07. The monoisotopic (exact) mass is 280 g/mol. The van der Waals surface area contributed by atoms with E-state index in [2.05, 4.69) is 0 Å². The number of carboxylic acid groups (broad SMARTS) is 1. The molecule has 2 amide bonds. The molecule has 1 atom stereocenters. The van der Waals surface area contributed by atoms with Crippen LogP contribution in [0, 0.1) is 5.92 Å². The fourth-order valence-electron chi connectivity index (χ4n) is 2.46. The molecule has 20 heavy (non-hydrogen) atoms. The summed E-state index contributed by atoms with van der Waals surface area (Å²) in [6.07, 6.45) is 2.96. The van der Waals surface area contributed by atoms with Gasteiger partial charge in [-0.2, -0.15) is 0 Å². The topological polar surface area (TPSA) is 74.0 Å². The molecule has 0 saturated carbocycles. The number of nitrogens with zero attached hydrogens (tertiary/aromatic N) is 2. The van der Waals surface area contributed by atoms with Crippen molar-refractivity contribution in [3.8, 4) is 0 Å². The van der Waals surface area contributed by atoms with Crippen molar-refractivity contribution in [3.05, 3.63) is 24.2 Å². The molecule has 1 aliphatic rings. The first kappa shape index (κ1) is 14.4. The third-order valence-electron chi connectivity index (χ3n) is 3.62. The van der Waals surface area contributed by atoms with Gasteiger partial charge < -0.3 is 19.3 Å². The van der Waals surface area contributed by atoms with E-state index < -0.39 is 11.9 Å². The first-order valence-corrected chi connectivity index (χ1v) is 6.90. The molecule has 1 aliphatic heterocycles. The predicted octanol–water partition coefficient (Wildman–Crippen LogP) is 2.02. The van der Waals surface area contributed by atoms with Crippen LogP contribution < -0.4 is 0 Å². The molecule has 1 aromatic heterocycles. The molecule has 0 spiro atoms. The number of carboxylic acids is 1. The van der Waals surface area contributed by atoms with E-state index in [9.17, 15) is 9.59 Å². The van der Waals surface area contributed by atoms with Gasteiger partial charge in [0.2, 0.25) is 0 Å². The Bertz CT molecular complexity index is 458. The quantitative estimate of drug-likeness (QED) is 0.915. The van der Waals surface area contributed by atoms with Crippen LogP contribution in [0.3, 0.4) is 0 Å². The van der Waals surface area contributed by atoms with Gasteiger partial charge >= 0.3 is 12.0 Å². The Morgan fingerprint density at radius 3 is 2.95 bits per heavy atom. The Balaban J connectivity index is 1.98. The highest BCUT2D eigenvalue weighted by molar-refractivity contribution is 5.76. The lowest BCUT2D eigenvalue weighted by molar-refractivity contribution is -0.143. The maximum atomic E-state index is 12.4. The van der Waals surface area contributed by atoms with Crippen molar-refractivity contribution in [2.24, 2.45) is 5.92 Å². The lowest BCUT2D eigenvalue weighted by Crippen LogP contribution is -2.48. The second-order valence-electron chi connectivity index (χ2n) is 5.00. The molecular formula is C14H20N2O4. The first-order valence-electron chi connectivity index (χ1n) is 6.90. The molecule has 0 aliphatic carbocycles. The summed E-state index contributed by atoms with van der Waals surface area (Å²) in [5.74, 6) is -0.543. The molecule has 1 N–H and O–H groups in total. The normalized spacial score (nSPS) is 18.9. The minimum Gasteiger partial charge on any atom is -0.481 e. The Kier molecular flexibility index (Phi) is 4.65. The van der Waals surface area contributed by atoms with Crippen LogP contribution in [0.25, 0.3) is 0 Å². The molecule has 1 saturated heterocycles. The van der Waals surface area contributed by atoms with Crippen molar-refractivity contribution >= 4 is 12.0 Å². The van der Waals surface area contributed by atoms with Crippen molar-refractivity contribution in [3.63, 3.8) is 0 Å². The van der Waals surface area contributed by atoms with Crippen LogP contribution >= 0.6 is 0 Å². The van der Waals surface area contributed by atoms with Gasteiger partial charge in [-0.15, -0.1) is 0 Å². The van der Waals surface area contributed by atoms with Crippen LogP contribution in [0.2, 0.25) is 0 Å². The van der Waals surface area contributed by atoms with Crippen molar-refractivity contribution in [2.45, 2.75) is 26.3 Å². The van der Waals surface area contributed by atoms with E-state index in [1.54, 1.807) is 22.1 Å². The van der Waals surface area contributed by atoms with E-state index in [1.807, 2.05) is 13.0 Å². The van der Waals surface area contributed by atoms with E-state index in [1.165, 1.54) is 0 Å². The van der Waals surface area contributed by atoms with Gasteiger partial charge in [-0.05, 0) is 31.9 Å². The van der Waals surface area contributed by atoms with E-state index >= 15 is 0 Å². The van der Waals surface area contributed by atoms with Crippen LogP contribution in [0.5, 0.6) is 0 Å². The Morgan fingerprint density at radius 2 is 2.35 bits per heavy atom. The molecule has 1 fully saturated rings. The lowest BCUT2D eigenvalue weighted by Gasteiger charge is -2.34. The van der Waals surface area contributed by atoms with Crippen LogP contribution in [-0.2, 0) is 11.3 Å². The highest BCUT2D eigenvalue weighted by Crippen LogP contribution is 2.18. The molecule has 110 valence electrons. The number of hydrogen-bond donors (Lipinski definition) is 1. The maximum absolute atomic E-state index is 12.4. The second-order valence-corrected chi connectivity index (χ2v) is 5.00. The van der Waals surface area contributed by atoms with Gasteiger partial charge in [0.05, 0.1) is 18.7 Å². The average Bonchev–Trinajstić information content (AvgIpc) is 2.97. The Labute approximate surface area is 118 Å². The number of rotatable bonds is 4. The van der Waals surface area contributed by atoms with Crippen LogP contribution in [0.15, 0.2) is 22.8 Å². The average molecular weight is 280 g/mol. The van der Waals surface area contributed by atoms with E-state index in [-0.39, 0.29) is 6.03 Å². The number of carbonyl (C=O) groups excluding carboxylic acids is 1. The summed E-state index contributed by atoms with van der Waals surface area (Å²) < 4.78 is 5.26. The number of aliphatic carboxylic acids is 1. The minimum atomic E-state index is -0.823. The van der Waals surface area contributed by atoms with E-state index in [4.69, 9.17) is 9.52 Å². The zero-order valence-electron chi connectivity index (χ0n) is 11.6.